The number of thiazole rings is 1. The summed E-state index contributed by atoms with van der Waals surface area (Å²) in [5, 5.41) is 8.43. The molecule has 1 aromatic heterocycles. The first-order valence-electron chi connectivity index (χ1n) is 7.02. The second-order valence-electron chi connectivity index (χ2n) is 4.75. The number of hydrogen-bond acceptors (Lipinski definition) is 7. The molecule has 0 aliphatic carbocycles. The predicted octanol–water partition coefficient (Wildman–Crippen LogP) is 0.993. The Balaban J connectivity index is 0.00000242. The maximum atomic E-state index is 11.7. The lowest BCUT2D eigenvalue weighted by atomic mass is 10.4. The number of morpholine rings is 1. The molecule has 0 unspecified atom stereocenters. The summed E-state index contributed by atoms with van der Waals surface area (Å²) in [6.45, 7) is 5.74. The van der Waals surface area contributed by atoms with E-state index in [2.05, 4.69) is 20.5 Å². The molecule has 1 amide bonds. The zero-order valence-corrected chi connectivity index (χ0v) is 15.5. The lowest BCUT2D eigenvalue weighted by Crippen LogP contribution is -2.35. The molecule has 1 aliphatic heterocycles. The number of ether oxygens (including phenoxy) is 2. The van der Waals surface area contributed by atoms with Crippen molar-refractivity contribution in [2.75, 3.05) is 58.4 Å². The van der Waals surface area contributed by atoms with Gasteiger partial charge < -0.3 is 20.1 Å². The molecule has 7 nitrogen and oxygen atoms in total. The van der Waals surface area contributed by atoms with E-state index in [1.165, 1.54) is 11.3 Å². The van der Waals surface area contributed by atoms with Crippen LogP contribution in [0.2, 0.25) is 0 Å². The summed E-state index contributed by atoms with van der Waals surface area (Å²) in [7, 11) is 1.63. The quantitative estimate of drug-likeness (QED) is 0.648. The zero-order chi connectivity index (χ0) is 14.9. The predicted molar refractivity (Wildman–Crippen MR) is 96.1 cm³/mol. The highest BCUT2D eigenvalue weighted by atomic mass is 35.5. The molecule has 2 rings (SSSR count). The molecule has 0 atom stereocenters. The number of nitrogens with one attached hydrogen (secondary N) is 2. The number of amides is 1. The third-order valence-corrected chi connectivity index (χ3v) is 3.86. The molecule has 2 heterocycles. The molecule has 0 aromatic carbocycles. The van der Waals surface area contributed by atoms with Gasteiger partial charge in [-0.2, -0.15) is 0 Å². The molecule has 10 heteroatoms. The van der Waals surface area contributed by atoms with Crippen LogP contribution in [0.3, 0.4) is 0 Å². The lowest BCUT2D eigenvalue weighted by molar-refractivity contribution is -0.115. The van der Waals surface area contributed by atoms with Crippen LogP contribution < -0.4 is 10.6 Å². The number of methoxy groups -OCH3 is 1. The number of nitrogens with zero attached hydrogens (tertiary/aromatic N) is 2. The minimum absolute atomic E-state index is 0. The van der Waals surface area contributed by atoms with Crippen molar-refractivity contribution in [3.8, 4) is 0 Å². The van der Waals surface area contributed by atoms with E-state index in [9.17, 15) is 4.79 Å². The van der Waals surface area contributed by atoms with Crippen LogP contribution in [0, 0.1) is 0 Å². The van der Waals surface area contributed by atoms with Crippen molar-refractivity contribution in [3.05, 3.63) is 11.1 Å². The van der Waals surface area contributed by atoms with Gasteiger partial charge in [0.2, 0.25) is 5.91 Å². The van der Waals surface area contributed by atoms with Gasteiger partial charge in [0.1, 0.15) is 0 Å². The van der Waals surface area contributed by atoms with Gasteiger partial charge in [0.15, 0.2) is 5.13 Å². The van der Waals surface area contributed by atoms with Crippen LogP contribution in [-0.2, 0) is 20.8 Å². The first-order valence-corrected chi connectivity index (χ1v) is 7.90. The molecule has 0 radical (unpaired) electrons. The van der Waals surface area contributed by atoms with Gasteiger partial charge in [0.25, 0.3) is 0 Å². The Labute approximate surface area is 152 Å². The van der Waals surface area contributed by atoms with Gasteiger partial charge in [0, 0.05) is 38.7 Å². The van der Waals surface area contributed by atoms with Crippen molar-refractivity contribution >= 4 is 47.2 Å². The topological polar surface area (TPSA) is 75.7 Å². The summed E-state index contributed by atoms with van der Waals surface area (Å²) >= 11 is 1.46. The van der Waals surface area contributed by atoms with E-state index in [1.54, 1.807) is 7.11 Å². The molecule has 23 heavy (non-hydrogen) atoms. The van der Waals surface area contributed by atoms with Crippen LogP contribution in [0.4, 0.5) is 5.13 Å². The van der Waals surface area contributed by atoms with Crippen LogP contribution >= 0.6 is 36.2 Å². The fraction of sp³-hybridized carbons (Fsp3) is 0.692. The van der Waals surface area contributed by atoms with Crippen LogP contribution in [0.1, 0.15) is 5.69 Å². The van der Waals surface area contributed by atoms with Gasteiger partial charge >= 0.3 is 0 Å². The molecule has 1 fully saturated rings. The van der Waals surface area contributed by atoms with Crippen LogP contribution in [0.5, 0.6) is 0 Å². The second-order valence-corrected chi connectivity index (χ2v) is 5.61. The highest BCUT2D eigenvalue weighted by Crippen LogP contribution is 2.17. The molecule has 1 saturated heterocycles. The third-order valence-electron chi connectivity index (χ3n) is 3.06. The summed E-state index contributed by atoms with van der Waals surface area (Å²) in [4.78, 5) is 18.4. The monoisotopic (exact) mass is 386 g/mol. The Bertz CT molecular complexity index is 445. The third kappa shape index (κ3) is 8.80. The summed E-state index contributed by atoms with van der Waals surface area (Å²) < 4.78 is 10.2. The van der Waals surface area contributed by atoms with Gasteiger partial charge in [-0.15, -0.1) is 36.2 Å². The molecule has 1 aliphatic rings. The molecule has 1 aromatic rings. The number of anilines is 1. The Morgan fingerprint density at radius 2 is 2.17 bits per heavy atom. The molecule has 2 N–H and O–H groups in total. The molecule has 0 saturated carbocycles. The van der Waals surface area contributed by atoms with E-state index < -0.39 is 0 Å². The summed E-state index contributed by atoms with van der Waals surface area (Å²) in [6, 6.07) is 0. The first kappa shape index (κ1) is 22.5. The SMILES string of the molecule is COCCNCC(=O)Nc1nc(CN2CCOCC2)cs1.Cl.Cl. The maximum Gasteiger partial charge on any atom is 0.240 e. The summed E-state index contributed by atoms with van der Waals surface area (Å²) in [5.74, 6) is -0.0848. The van der Waals surface area contributed by atoms with E-state index in [0.29, 0.717) is 18.3 Å². The normalized spacial score (nSPS) is 14.7. The van der Waals surface area contributed by atoms with Crippen molar-refractivity contribution in [1.29, 1.82) is 0 Å². The smallest absolute Gasteiger partial charge is 0.240 e. The van der Waals surface area contributed by atoms with Gasteiger partial charge in [-0.3, -0.25) is 9.69 Å². The highest BCUT2D eigenvalue weighted by molar-refractivity contribution is 7.13. The van der Waals surface area contributed by atoms with Crippen molar-refractivity contribution in [2.24, 2.45) is 0 Å². The molecule has 0 bridgehead atoms. The van der Waals surface area contributed by atoms with Crippen LogP contribution in [0.25, 0.3) is 0 Å². The number of carbonyl (C=O) groups is 1. The van der Waals surface area contributed by atoms with Gasteiger partial charge in [-0.1, -0.05) is 0 Å². The Morgan fingerprint density at radius 1 is 1.43 bits per heavy atom. The van der Waals surface area contributed by atoms with E-state index in [-0.39, 0.29) is 37.3 Å². The summed E-state index contributed by atoms with van der Waals surface area (Å²) in [6.07, 6.45) is 0. The minimum Gasteiger partial charge on any atom is -0.383 e. The Kier molecular flexibility index (Phi) is 12.6. The molecular formula is C13H24Cl2N4O3S. The number of rotatable bonds is 8. The van der Waals surface area contributed by atoms with Crippen molar-refractivity contribution < 1.29 is 14.3 Å². The van der Waals surface area contributed by atoms with E-state index in [1.807, 2.05) is 5.38 Å². The minimum atomic E-state index is -0.0848. The largest absolute Gasteiger partial charge is 0.383 e. The van der Waals surface area contributed by atoms with E-state index >= 15 is 0 Å². The fourth-order valence-electron chi connectivity index (χ4n) is 1.96. The van der Waals surface area contributed by atoms with Gasteiger partial charge in [-0.05, 0) is 0 Å². The van der Waals surface area contributed by atoms with Crippen molar-refractivity contribution in [2.45, 2.75) is 6.54 Å². The maximum absolute atomic E-state index is 11.7. The van der Waals surface area contributed by atoms with Crippen LogP contribution in [0.15, 0.2) is 5.38 Å². The molecule has 0 spiro atoms. The van der Waals surface area contributed by atoms with Gasteiger partial charge in [-0.25, -0.2) is 4.98 Å². The number of aromatic nitrogens is 1. The molecule has 134 valence electrons. The van der Waals surface area contributed by atoms with Crippen molar-refractivity contribution in [3.63, 3.8) is 0 Å². The first-order chi connectivity index (χ1) is 10.3. The standard InChI is InChI=1S/C13H22N4O3S.2ClH/c1-19-5-2-14-8-12(18)16-13-15-11(10-21-13)9-17-3-6-20-7-4-17;;/h10,14H,2-9H2,1H3,(H,15,16,18);2*1H. The summed E-state index contributed by atoms with van der Waals surface area (Å²) in [5.41, 5.74) is 0.990. The van der Waals surface area contributed by atoms with Crippen molar-refractivity contribution in [1.82, 2.24) is 15.2 Å². The average molecular weight is 387 g/mol. The average Bonchev–Trinajstić information content (AvgIpc) is 2.92. The number of carbonyl (C=O) groups excluding carboxylic acids is 1. The Hall–Kier alpha value is -0.480. The van der Waals surface area contributed by atoms with E-state index in [0.717, 1.165) is 38.5 Å². The van der Waals surface area contributed by atoms with E-state index in [4.69, 9.17) is 9.47 Å². The lowest BCUT2D eigenvalue weighted by Gasteiger charge is -2.25. The Morgan fingerprint density at radius 3 is 2.87 bits per heavy atom. The second kappa shape index (κ2) is 12.9. The fourth-order valence-corrected chi connectivity index (χ4v) is 2.68. The number of hydrogen-bond donors (Lipinski definition) is 2. The van der Waals surface area contributed by atoms with Crippen LogP contribution in [-0.4, -0.2) is 68.9 Å². The zero-order valence-electron chi connectivity index (χ0n) is 13.1. The van der Waals surface area contributed by atoms with Gasteiger partial charge in [0.05, 0.1) is 32.1 Å². The highest BCUT2D eigenvalue weighted by Gasteiger charge is 2.13. The number of halogens is 2. The molecular weight excluding hydrogens is 363 g/mol.